The molecule has 0 saturated carbocycles. The van der Waals surface area contributed by atoms with Gasteiger partial charge in [-0.3, -0.25) is 4.79 Å². The van der Waals surface area contributed by atoms with Crippen molar-refractivity contribution in [2.24, 2.45) is 5.41 Å². The molecule has 0 saturated heterocycles. The fraction of sp³-hybridized carbons (Fsp3) is 0.481. The molecule has 2 aliphatic rings. The molecule has 0 radical (unpaired) electrons. The second kappa shape index (κ2) is 10.1. The highest BCUT2D eigenvalue weighted by Crippen LogP contribution is 2.35. The fourth-order valence-electron chi connectivity index (χ4n) is 5.24. The Hall–Kier alpha value is -3.04. The van der Waals surface area contributed by atoms with E-state index >= 15 is 0 Å². The number of aromatic nitrogens is 3. The summed E-state index contributed by atoms with van der Waals surface area (Å²) in [5.74, 6) is 1.96. The molecule has 4 heterocycles. The van der Waals surface area contributed by atoms with Crippen molar-refractivity contribution >= 4 is 44.8 Å². The minimum Gasteiger partial charge on any atom is -0.363 e. The van der Waals surface area contributed by atoms with Crippen molar-refractivity contribution in [1.29, 1.82) is 0 Å². The maximum atomic E-state index is 13.3. The van der Waals surface area contributed by atoms with Gasteiger partial charge < -0.3 is 20.4 Å². The molecule has 5 rings (SSSR count). The van der Waals surface area contributed by atoms with Crippen molar-refractivity contribution in [2.75, 3.05) is 43.4 Å². The van der Waals surface area contributed by atoms with Crippen LogP contribution in [0.1, 0.15) is 39.7 Å². The summed E-state index contributed by atoms with van der Waals surface area (Å²) in [6, 6.07) is 6.35. The molecule has 1 amide bonds. The topological polar surface area (TPSA) is 86.3 Å². The maximum absolute atomic E-state index is 13.3. The average molecular weight is 506 g/mol. The summed E-state index contributed by atoms with van der Waals surface area (Å²) in [6.07, 6.45) is 5.54. The highest BCUT2D eigenvalue weighted by atomic mass is 32.1. The van der Waals surface area contributed by atoms with Crippen LogP contribution in [0.25, 0.3) is 10.2 Å². The third kappa shape index (κ3) is 4.95. The summed E-state index contributed by atoms with van der Waals surface area (Å²) in [7, 11) is 0. The van der Waals surface area contributed by atoms with Crippen LogP contribution in [-0.2, 0) is 11.2 Å². The van der Waals surface area contributed by atoms with E-state index in [1.54, 1.807) is 17.7 Å². The summed E-state index contributed by atoms with van der Waals surface area (Å²) in [5, 5.41) is 7.08. The number of hydrogen-bond donors (Lipinski definition) is 2. The Bertz CT molecular complexity index is 1280. The Labute approximate surface area is 216 Å². The molecule has 36 heavy (non-hydrogen) atoms. The Morgan fingerprint density at radius 2 is 2.08 bits per heavy atom. The first-order chi connectivity index (χ1) is 17.4. The van der Waals surface area contributed by atoms with E-state index in [0.717, 1.165) is 72.1 Å². The first-order valence-electron chi connectivity index (χ1n) is 12.8. The molecular formula is C27H35N7OS. The molecule has 9 heteroatoms. The standard InChI is InChI=1S/C27H35N7OS/c1-5-33(6-2)15-27(3,4)26(35)34-11-9-18(10-12-34)22-14-20-24(28-16-29-25(20)32-22)31-19-7-8-21-23(13-19)36-17-30-21/h7-9,13,16-17,22H,5-6,10-12,14-15H2,1-4H3,(H2,28,29,31,32). The lowest BCUT2D eigenvalue weighted by atomic mass is 9.89. The van der Waals surface area contributed by atoms with Crippen LogP contribution in [0.3, 0.4) is 0 Å². The molecule has 0 bridgehead atoms. The molecule has 0 fully saturated rings. The van der Waals surface area contributed by atoms with Gasteiger partial charge in [0.15, 0.2) is 0 Å². The van der Waals surface area contributed by atoms with Crippen LogP contribution >= 0.6 is 11.3 Å². The number of fused-ring (bicyclic) bond motifs is 2. The van der Waals surface area contributed by atoms with Crippen LogP contribution in [0, 0.1) is 5.41 Å². The number of rotatable bonds is 8. The van der Waals surface area contributed by atoms with Crippen molar-refractivity contribution in [2.45, 2.75) is 46.6 Å². The van der Waals surface area contributed by atoms with Gasteiger partial charge in [-0.15, -0.1) is 11.3 Å². The van der Waals surface area contributed by atoms with E-state index in [0.29, 0.717) is 6.54 Å². The molecule has 0 spiro atoms. The fourth-order valence-corrected chi connectivity index (χ4v) is 5.96. The zero-order valence-electron chi connectivity index (χ0n) is 21.5. The third-order valence-corrected chi connectivity index (χ3v) is 8.12. The minimum absolute atomic E-state index is 0.183. The largest absolute Gasteiger partial charge is 0.363 e. The molecule has 3 aromatic rings. The lowest BCUT2D eigenvalue weighted by Gasteiger charge is -2.37. The normalized spacial score (nSPS) is 17.8. The van der Waals surface area contributed by atoms with Crippen LogP contribution in [-0.4, -0.2) is 69.4 Å². The van der Waals surface area contributed by atoms with Gasteiger partial charge >= 0.3 is 0 Å². The lowest BCUT2D eigenvalue weighted by Crippen LogP contribution is -2.48. The Morgan fingerprint density at radius 1 is 1.25 bits per heavy atom. The first-order valence-corrected chi connectivity index (χ1v) is 13.7. The number of amides is 1. The van der Waals surface area contributed by atoms with Gasteiger partial charge in [-0.25, -0.2) is 15.0 Å². The van der Waals surface area contributed by atoms with E-state index in [2.05, 4.69) is 70.3 Å². The van der Waals surface area contributed by atoms with Crippen molar-refractivity contribution < 1.29 is 4.79 Å². The second-order valence-corrected chi connectivity index (χ2v) is 11.1. The highest BCUT2D eigenvalue weighted by molar-refractivity contribution is 7.16. The van der Waals surface area contributed by atoms with Crippen LogP contribution in [0.15, 0.2) is 41.7 Å². The van der Waals surface area contributed by atoms with Gasteiger partial charge in [-0.2, -0.15) is 0 Å². The van der Waals surface area contributed by atoms with Crippen molar-refractivity contribution in [3.63, 3.8) is 0 Å². The summed E-state index contributed by atoms with van der Waals surface area (Å²) in [5.41, 5.74) is 5.92. The zero-order chi connectivity index (χ0) is 25.3. The number of nitrogens with one attached hydrogen (secondary N) is 2. The van der Waals surface area contributed by atoms with Gasteiger partial charge in [0.2, 0.25) is 5.91 Å². The van der Waals surface area contributed by atoms with E-state index in [1.807, 2.05) is 22.5 Å². The average Bonchev–Trinajstić information content (AvgIpc) is 3.54. The number of nitrogens with zero attached hydrogens (tertiary/aromatic N) is 5. The first kappa shape index (κ1) is 24.6. The van der Waals surface area contributed by atoms with Crippen molar-refractivity contribution in [1.82, 2.24) is 24.8 Å². The SMILES string of the molecule is CCN(CC)CC(C)(C)C(=O)N1CC=C(C2Cc3c(Nc4ccc5ncsc5c4)ncnc3N2)CC1. The van der Waals surface area contributed by atoms with Gasteiger partial charge in [-0.1, -0.05) is 19.9 Å². The van der Waals surface area contributed by atoms with Gasteiger partial charge in [-0.05, 0) is 57.1 Å². The molecule has 1 aromatic carbocycles. The number of thiazole rings is 1. The van der Waals surface area contributed by atoms with Gasteiger partial charge in [0.05, 0.1) is 27.2 Å². The molecule has 0 aliphatic carbocycles. The quantitative estimate of drug-likeness (QED) is 0.430. The van der Waals surface area contributed by atoms with E-state index in [4.69, 9.17) is 0 Å². The Balaban J connectivity index is 1.24. The van der Waals surface area contributed by atoms with Crippen LogP contribution in [0.2, 0.25) is 0 Å². The van der Waals surface area contributed by atoms with E-state index < -0.39 is 5.41 Å². The number of carbonyl (C=O) groups excluding carboxylic acids is 1. The zero-order valence-corrected chi connectivity index (χ0v) is 22.4. The van der Waals surface area contributed by atoms with Crippen LogP contribution in [0.5, 0.6) is 0 Å². The van der Waals surface area contributed by atoms with Crippen molar-refractivity contribution in [3.05, 3.63) is 47.2 Å². The van der Waals surface area contributed by atoms with Gasteiger partial charge in [0.1, 0.15) is 18.0 Å². The number of benzene rings is 1. The van der Waals surface area contributed by atoms with Crippen LogP contribution < -0.4 is 10.6 Å². The molecule has 2 N–H and O–H groups in total. The molecule has 8 nitrogen and oxygen atoms in total. The highest BCUT2D eigenvalue weighted by Gasteiger charge is 2.35. The molecule has 1 atom stereocenters. The Morgan fingerprint density at radius 3 is 2.83 bits per heavy atom. The van der Waals surface area contributed by atoms with Crippen LogP contribution in [0.4, 0.5) is 17.3 Å². The molecule has 2 aliphatic heterocycles. The smallest absolute Gasteiger partial charge is 0.229 e. The minimum atomic E-state index is -0.391. The lowest BCUT2D eigenvalue weighted by molar-refractivity contribution is -0.141. The Kier molecular flexibility index (Phi) is 6.94. The van der Waals surface area contributed by atoms with Gasteiger partial charge in [0.25, 0.3) is 0 Å². The maximum Gasteiger partial charge on any atom is 0.229 e. The second-order valence-electron chi connectivity index (χ2n) is 10.2. The number of anilines is 3. The molecule has 190 valence electrons. The van der Waals surface area contributed by atoms with Gasteiger partial charge in [0, 0.05) is 37.3 Å². The number of carbonyl (C=O) groups is 1. The monoisotopic (exact) mass is 505 g/mol. The van der Waals surface area contributed by atoms with Crippen molar-refractivity contribution in [3.8, 4) is 0 Å². The molecule has 2 aromatic heterocycles. The molecular weight excluding hydrogens is 470 g/mol. The number of hydrogen-bond acceptors (Lipinski definition) is 8. The van der Waals surface area contributed by atoms with E-state index in [-0.39, 0.29) is 11.9 Å². The van der Waals surface area contributed by atoms with E-state index in [9.17, 15) is 4.79 Å². The van der Waals surface area contributed by atoms with E-state index in [1.165, 1.54) is 5.57 Å². The summed E-state index contributed by atoms with van der Waals surface area (Å²) < 4.78 is 1.15. The summed E-state index contributed by atoms with van der Waals surface area (Å²) in [4.78, 5) is 31.0. The third-order valence-electron chi connectivity index (χ3n) is 7.33. The molecule has 1 unspecified atom stereocenters. The predicted molar refractivity (Wildman–Crippen MR) is 147 cm³/mol. The summed E-state index contributed by atoms with van der Waals surface area (Å²) >= 11 is 1.63. The predicted octanol–water partition coefficient (Wildman–Crippen LogP) is 4.69. The summed E-state index contributed by atoms with van der Waals surface area (Å²) in [6.45, 7) is 12.6.